The van der Waals surface area contributed by atoms with Crippen LogP contribution in [0.25, 0.3) is 0 Å². The Morgan fingerprint density at radius 3 is 2.40 bits per heavy atom. The molecule has 0 heterocycles. The topological polar surface area (TPSA) is 38.5 Å². The van der Waals surface area contributed by atoms with Crippen LogP contribution in [0.3, 0.4) is 0 Å². The molecule has 0 aromatic carbocycles. The molecule has 0 spiro atoms. The van der Waals surface area contributed by atoms with Gasteiger partial charge in [0, 0.05) is 26.2 Å². The van der Waals surface area contributed by atoms with Crippen LogP contribution in [-0.4, -0.2) is 43.8 Å². The summed E-state index contributed by atoms with van der Waals surface area (Å²) in [4.78, 5) is 2.49. The second-order valence-electron chi connectivity index (χ2n) is 4.20. The first-order valence-electron chi connectivity index (χ1n) is 6.16. The van der Waals surface area contributed by atoms with Crippen LogP contribution >= 0.6 is 0 Å². The van der Waals surface area contributed by atoms with Gasteiger partial charge in [0.25, 0.3) is 0 Å². The predicted octanol–water partition coefficient (Wildman–Crippen LogP) is 1.86. The largest absolute Gasteiger partial charge is 0.379 e. The second kappa shape index (κ2) is 9.13. The molecule has 0 aliphatic rings. The zero-order chi connectivity index (χ0) is 11.7. The average Bonchev–Trinajstić information content (AvgIpc) is 2.28. The van der Waals surface area contributed by atoms with Gasteiger partial charge in [0.2, 0.25) is 0 Å². The van der Waals surface area contributed by atoms with Crippen molar-refractivity contribution in [1.82, 2.24) is 4.90 Å². The standard InChI is InChI=1S/C12H28N2O/c1-5-7-8-14(11(3)6-2)10-12(9-13)15-4/h11-12H,5-10,13H2,1-4H3. The molecule has 0 rings (SSSR count). The molecule has 2 atom stereocenters. The van der Waals surface area contributed by atoms with Gasteiger partial charge in [-0.3, -0.25) is 4.90 Å². The molecule has 0 aromatic heterocycles. The molecule has 92 valence electrons. The van der Waals surface area contributed by atoms with E-state index in [-0.39, 0.29) is 6.10 Å². The van der Waals surface area contributed by atoms with Gasteiger partial charge >= 0.3 is 0 Å². The number of nitrogens with two attached hydrogens (primary N) is 1. The first kappa shape index (κ1) is 14.9. The van der Waals surface area contributed by atoms with Crippen molar-refractivity contribution in [2.75, 3.05) is 26.7 Å². The fourth-order valence-corrected chi connectivity index (χ4v) is 1.62. The first-order chi connectivity index (χ1) is 7.19. The highest BCUT2D eigenvalue weighted by atomic mass is 16.5. The van der Waals surface area contributed by atoms with Gasteiger partial charge in [-0.25, -0.2) is 0 Å². The molecule has 0 saturated carbocycles. The average molecular weight is 216 g/mol. The molecule has 0 amide bonds. The summed E-state index contributed by atoms with van der Waals surface area (Å²) in [6, 6.07) is 0.626. The lowest BCUT2D eigenvalue weighted by Crippen LogP contribution is -2.42. The summed E-state index contributed by atoms with van der Waals surface area (Å²) < 4.78 is 5.34. The van der Waals surface area contributed by atoms with Crippen LogP contribution in [0.4, 0.5) is 0 Å². The third kappa shape index (κ3) is 6.13. The lowest BCUT2D eigenvalue weighted by atomic mass is 10.1. The highest BCUT2D eigenvalue weighted by molar-refractivity contribution is 4.71. The summed E-state index contributed by atoms with van der Waals surface area (Å²) in [7, 11) is 1.74. The van der Waals surface area contributed by atoms with Crippen LogP contribution in [0.5, 0.6) is 0 Å². The molecule has 0 saturated heterocycles. The first-order valence-corrected chi connectivity index (χ1v) is 6.16. The number of hydrogen-bond acceptors (Lipinski definition) is 3. The second-order valence-corrected chi connectivity index (χ2v) is 4.20. The molecule has 0 fully saturated rings. The summed E-state index contributed by atoms with van der Waals surface area (Å²) in [5.74, 6) is 0. The smallest absolute Gasteiger partial charge is 0.0820 e. The SMILES string of the molecule is CCCCN(CC(CN)OC)C(C)CC. The van der Waals surface area contributed by atoms with Crippen molar-refractivity contribution < 1.29 is 4.74 Å². The van der Waals surface area contributed by atoms with E-state index in [1.165, 1.54) is 19.3 Å². The Labute approximate surface area is 95.0 Å². The van der Waals surface area contributed by atoms with Crippen LogP contribution in [0.15, 0.2) is 0 Å². The zero-order valence-corrected chi connectivity index (χ0v) is 10.8. The van der Waals surface area contributed by atoms with Gasteiger partial charge in [-0.2, -0.15) is 0 Å². The van der Waals surface area contributed by atoms with E-state index in [2.05, 4.69) is 25.7 Å². The fourth-order valence-electron chi connectivity index (χ4n) is 1.62. The van der Waals surface area contributed by atoms with E-state index in [1.54, 1.807) is 7.11 Å². The minimum atomic E-state index is 0.177. The Bertz CT molecular complexity index is 138. The molecule has 2 N–H and O–H groups in total. The third-order valence-electron chi connectivity index (χ3n) is 3.05. The van der Waals surface area contributed by atoms with Crippen LogP contribution in [-0.2, 0) is 4.74 Å². The van der Waals surface area contributed by atoms with E-state index in [0.717, 1.165) is 13.1 Å². The summed E-state index contributed by atoms with van der Waals surface area (Å²) in [5.41, 5.74) is 5.65. The monoisotopic (exact) mass is 216 g/mol. The van der Waals surface area contributed by atoms with Crippen LogP contribution in [0.1, 0.15) is 40.0 Å². The number of ether oxygens (including phenoxy) is 1. The fraction of sp³-hybridized carbons (Fsp3) is 1.00. The molecule has 0 aromatic rings. The Hall–Kier alpha value is -0.120. The molecule has 0 aliphatic carbocycles. The molecule has 2 unspecified atom stereocenters. The maximum atomic E-state index is 5.65. The Morgan fingerprint density at radius 1 is 1.33 bits per heavy atom. The van der Waals surface area contributed by atoms with E-state index in [4.69, 9.17) is 10.5 Å². The van der Waals surface area contributed by atoms with Crippen LogP contribution in [0, 0.1) is 0 Å². The van der Waals surface area contributed by atoms with E-state index >= 15 is 0 Å². The summed E-state index contributed by atoms with van der Waals surface area (Å²) in [6.07, 6.45) is 3.86. The number of rotatable bonds is 9. The predicted molar refractivity (Wildman–Crippen MR) is 66.1 cm³/mol. The lowest BCUT2D eigenvalue weighted by Gasteiger charge is -2.31. The summed E-state index contributed by atoms with van der Waals surface area (Å²) in [6.45, 7) is 9.46. The van der Waals surface area contributed by atoms with Crippen molar-refractivity contribution in [3.8, 4) is 0 Å². The number of hydrogen-bond donors (Lipinski definition) is 1. The highest BCUT2D eigenvalue weighted by Crippen LogP contribution is 2.07. The van der Waals surface area contributed by atoms with Gasteiger partial charge in [-0.05, 0) is 26.3 Å². The normalized spacial score (nSPS) is 15.6. The molecule has 3 heteroatoms. The highest BCUT2D eigenvalue weighted by Gasteiger charge is 2.16. The van der Waals surface area contributed by atoms with Crippen LogP contribution < -0.4 is 5.73 Å². The van der Waals surface area contributed by atoms with Gasteiger partial charge in [-0.15, -0.1) is 0 Å². The maximum absolute atomic E-state index is 5.65. The molecule has 0 bridgehead atoms. The van der Waals surface area contributed by atoms with Gasteiger partial charge in [0.05, 0.1) is 6.10 Å². The van der Waals surface area contributed by atoms with E-state index in [9.17, 15) is 0 Å². The van der Waals surface area contributed by atoms with E-state index < -0.39 is 0 Å². The lowest BCUT2D eigenvalue weighted by molar-refractivity contribution is 0.0549. The molecule has 3 nitrogen and oxygen atoms in total. The number of nitrogens with zero attached hydrogens (tertiary/aromatic N) is 1. The van der Waals surface area contributed by atoms with Crippen molar-refractivity contribution in [1.29, 1.82) is 0 Å². The number of methoxy groups -OCH3 is 1. The summed E-state index contributed by atoms with van der Waals surface area (Å²) in [5, 5.41) is 0. The number of unbranched alkanes of at least 4 members (excludes halogenated alkanes) is 1. The van der Waals surface area contributed by atoms with Crippen molar-refractivity contribution in [2.24, 2.45) is 5.73 Å². The Kier molecular flexibility index (Phi) is 9.06. The quantitative estimate of drug-likeness (QED) is 0.639. The maximum Gasteiger partial charge on any atom is 0.0820 e. The molecular weight excluding hydrogens is 188 g/mol. The van der Waals surface area contributed by atoms with Crippen molar-refractivity contribution in [3.63, 3.8) is 0 Å². The molecule has 15 heavy (non-hydrogen) atoms. The molecular formula is C12H28N2O. The summed E-state index contributed by atoms with van der Waals surface area (Å²) >= 11 is 0. The Balaban J connectivity index is 4.09. The van der Waals surface area contributed by atoms with Crippen molar-refractivity contribution in [3.05, 3.63) is 0 Å². The van der Waals surface area contributed by atoms with Gasteiger partial charge in [0.1, 0.15) is 0 Å². The van der Waals surface area contributed by atoms with Gasteiger partial charge in [0.15, 0.2) is 0 Å². The van der Waals surface area contributed by atoms with Crippen LogP contribution in [0.2, 0.25) is 0 Å². The van der Waals surface area contributed by atoms with E-state index in [1.807, 2.05) is 0 Å². The minimum Gasteiger partial charge on any atom is -0.379 e. The zero-order valence-electron chi connectivity index (χ0n) is 10.8. The van der Waals surface area contributed by atoms with E-state index in [0.29, 0.717) is 12.6 Å². The Morgan fingerprint density at radius 2 is 2.00 bits per heavy atom. The third-order valence-corrected chi connectivity index (χ3v) is 3.05. The van der Waals surface area contributed by atoms with Crippen molar-refractivity contribution in [2.45, 2.75) is 52.2 Å². The molecule has 0 radical (unpaired) electrons. The van der Waals surface area contributed by atoms with Crippen molar-refractivity contribution >= 4 is 0 Å². The van der Waals surface area contributed by atoms with Gasteiger partial charge in [-0.1, -0.05) is 20.3 Å². The minimum absolute atomic E-state index is 0.177. The van der Waals surface area contributed by atoms with Gasteiger partial charge < -0.3 is 10.5 Å². The molecule has 0 aliphatic heterocycles.